The van der Waals surface area contributed by atoms with Gasteiger partial charge in [0.2, 0.25) is 5.89 Å². The van der Waals surface area contributed by atoms with Crippen LogP contribution in [0.15, 0.2) is 9.64 Å². The van der Waals surface area contributed by atoms with Crippen molar-refractivity contribution in [1.29, 1.82) is 0 Å². The van der Waals surface area contributed by atoms with E-state index in [4.69, 9.17) is 14.9 Å². The van der Waals surface area contributed by atoms with Crippen LogP contribution in [-0.2, 0) is 11.3 Å². The zero-order chi connectivity index (χ0) is 10.5. The Morgan fingerprint density at radius 1 is 1.40 bits per heavy atom. The van der Waals surface area contributed by atoms with Gasteiger partial charge in [-0.1, -0.05) is 11.8 Å². The molecule has 1 aromatic heterocycles. The first-order valence-corrected chi connectivity index (χ1v) is 6.14. The van der Waals surface area contributed by atoms with Crippen molar-refractivity contribution in [2.75, 3.05) is 12.4 Å². The van der Waals surface area contributed by atoms with Gasteiger partial charge in [-0.05, 0) is 19.3 Å². The molecule has 0 aromatic carbocycles. The number of nitrogens with two attached hydrogens (primary N) is 1. The summed E-state index contributed by atoms with van der Waals surface area (Å²) in [7, 11) is 0. The fourth-order valence-corrected chi connectivity index (χ4v) is 2.33. The highest BCUT2D eigenvalue weighted by atomic mass is 32.2. The Morgan fingerprint density at radius 3 is 3.00 bits per heavy atom. The van der Waals surface area contributed by atoms with Crippen molar-refractivity contribution < 1.29 is 9.15 Å². The number of ether oxygens (including phenoxy) is 1. The summed E-state index contributed by atoms with van der Waals surface area (Å²) in [5.74, 6) is 1.37. The topological polar surface area (TPSA) is 74.2 Å². The van der Waals surface area contributed by atoms with Crippen LogP contribution >= 0.6 is 11.8 Å². The standard InChI is InChI=1S/C9H15N3O2S/c10-5-8-11-12-9(14-8)15-6-7-3-1-2-4-13-7/h7H,1-6,10H2. The predicted molar refractivity (Wildman–Crippen MR) is 56.5 cm³/mol. The fraction of sp³-hybridized carbons (Fsp3) is 0.778. The lowest BCUT2D eigenvalue weighted by molar-refractivity contribution is 0.0314. The van der Waals surface area contributed by atoms with Gasteiger partial charge in [0.25, 0.3) is 5.22 Å². The van der Waals surface area contributed by atoms with E-state index in [1.54, 1.807) is 11.8 Å². The van der Waals surface area contributed by atoms with E-state index in [1.807, 2.05) is 0 Å². The molecule has 1 aliphatic rings. The van der Waals surface area contributed by atoms with Crippen molar-refractivity contribution in [1.82, 2.24) is 10.2 Å². The van der Waals surface area contributed by atoms with E-state index in [2.05, 4.69) is 10.2 Å². The first-order valence-electron chi connectivity index (χ1n) is 5.15. The molecule has 1 fully saturated rings. The number of hydrogen-bond acceptors (Lipinski definition) is 6. The molecule has 2 heterocycles. The lowest BCUT2D eigenvalue weighted by Gasteiger charge is -2.21. The van der Waals surface area contributed by atoms with Gasteiger partial charge in [0.15, 0.2) is 0 Å². The molecule has 1 atom stereocenters. The van der Waals surface area contributed by atoms with E-state index >= 15 is 0 Å². The first-order chi connectivity index (χ1) is 7.38. The normalized spacial score (nSPS) is 21.8. The van der Waals surface area contributed by atoms with Crippen molar-refractivity contribution in [3.8, 4) is 0 Å². The summed E-state index contributed by atoms with van der Waals surface area (Å²) < 4.78 is 10.9. The van der Waals surface area contributed by atoms with Crippen LogP contribution in [0.5, 0.6) is 0 Å². The molecule has 1 saturated heterocycles. The Hall–Kier alpha value is -0.590. The third-order valence-corrected chi connectivity index (χ3v) is 3.24. The van der Waals surface area contributed by atoms with Crippen LogP contribution in [0.25, 0.3) is 0 Å². The largest absolute Gasteiger partial charge is 0.415 e. The zero-order valence-corrected chi connectivity index (χ0v) is 9.33. The summed E-state index contributed by atoms with van der Waals surface area (Å²) in [6.45, 7) is 1.18. The summed E-state index contributed by atoms with van der Waals surface area (Å²) in [5, 5.41) is 8.26. The molecule has 2 rings (SSSR count). The van der Waals surface area contributed by atoms with Crippen LogP contribution in [0.2, 0.25) is 0 Å². The lowest BCUT2D eigenvalue weighted by atomic mass is 10.1. The molecule has 1 aromatic rings. The summed E-state index contributed by atoms with van der Waals surface area (Å²) in [4.78, 5) is 0. The molecule has 5 nitrogen and oxygen atoms in total. The first kappa shape index (κ1) is 10.9. The summed E-state index contributed by atoms with van der Waals surface area (Å²) >= 11 is 1.54. The summed E-state index contributed by atoms with van der Waals surface area (Å²) in [6.07, 6.45) is 3.89. The number of aromatic nitrogens is 2. The van der Waals surface area contributed by atoms with Crippen molar-refractivity contribution in [2.45, 2.75) is 37.1 Å². The SMILES string of the molecule is NCc1nnc(SCC2CCCCO2)o1. The highest BCUT2D eigenvalue weighted by molar-refractivity contribution is 7.99. The highest BCUT2D eigenvalue weighted by Crippen LogP contribution is 2.22. The van der Waals surface area contributed by atoms with E-state index < -0.39 is 0 Å². The molecule has 0 amide bonds. The summed E-state index contributed by atoms with van der Waals surface area (Å²) in [6, 6.07) is 0. The molecule has 0 saturated carbocycles. The maximum Gasteiger partial charge on any atom is 0.276 e. The van der Waals surface area contributed by atoms with E-state index in [-0.39, 0.29) is 0 Å². The van der Waals surface area contributed by atoms with Crippen LogP contribution in [0, 0.1) is 0 Å². The van der Waals surface area contributed by atoms with Gasteiger partial charge >= 0.3 is 0 Å². The van der Waals surface area contributed by atoms with Crippen LogP contribution in [0.1, 0.15) is 25.2 Å². The maximum absolute atomic E-state index is 5.60. The Kier molecular flexibility index (Phi) is 3.99. The lowest BCUT2D eigenvalue weighted by Crippen LogP contribution is -2.21. The van der Waals surface area contributed by atoms with Crippen LogP contribution in [0.3, 0.4) is 0 Å². The molecule has 6 heteroatoms. The average Bonchev–Trinajstić information content (AvgIpc) is 2.76. The van der Waals surface area contributed by atoms with Gasteiger partial charge in [-0.2, -0.15) is 0 Å². The van der Waals surface area contributed by atoms with Crippen molar-refractivity contribution in [2.24, 2.45) is 5.73 Å². The van der Waals surface area contributed by atoms with Crippen molar-refractivity contribution in [3.05, 3.63) is 5.89 Å². The van der Waals surface area contributed by atoms with Crippen LogP contribution in [0.4, 0.5) is 0 Å². The quantitative estimate of drug-likeness (QED) is 0.782. The molecule has 1 unspecified atom stereocenters. The van der Waals surface area contributed by atoms with E-state index in [9.17, 15) is 0 Å². The Morgan fingerprint density at radius 2 is 2.33 bits per heavy atom. The van der Waals surface area contributed by atoms with Gasteiger partial charge in [-0.25, -0.2) is 0 Å². The molecule has 0 radical (unpaired) electrons. The van der Waals surface area contributed by atoms with Crippen molar-refractivity contribution in [3.63, 3.8) is 0 Å². The molecule has 0 bridgehead atoms. The minimum Gasteiger partial charge on any atom is -0.415 e. The highest BCUT2D eigenvalue weighted by Gasteiger charge is 2.15. The van der Waals surface area contributed by atoms with Crippen LogP contribution < -0.4 is 5.73 Å². The molecule has 1 aliphatic heterocycles. The summed E-state index contributed by atoms with van der Waals surface area (Å²) in [5.41, 5.74) is 5.37. The van der Waals surface area contributed by atoms with Gasteiger partial charge in [0.1, 0.15) is 0 Å². The number of thioether (sulfide) groups is 1. The van der Waals surface area contributed by atoms with Gasteiger partial charge < -0.3 is 14.9 Å². The Bertz CT molecular complexity index is 299. The van der Waals surface area contributed by atoms with E-state index in [0.29, 0.717) is 23.8 Å². The third-order valence-electron chi connectivity index (χ3n) is 2.29. The fourth-order valence-electron chi connectivity index (χ4n) is 1.48. The van der Waals surface area contributed by atoms with E-state index in [1.165, 1.54) is 12.8 Å². The Labute approximate surface area is 92.8 Å². The number of nitrogens with zero attached hydrogens (tertiary/aromatic N) is 2. The third kappa shape index (κ3) is 3.19. The molecular weight excluding hydrogens is 214 g/mol. The molecule has 15 heavy (non-hydrogen) atoms. The minimum absolute atomic E-state index is 0.299. The Balaban J connectivity index is 1.76. The molecule has 84 valence electrons. The smallest absolute Gasteiger partial charge is 0.276 e. The average molecular weight is 229 g/mol. The maximum atomic E-state index is 5.60. The second-order valence-corrected chi connectivity index (χ2v) is 4.44. The second-order valence-electron chi connectivity index (χ2n) is 3.47. The number of hydrogen-bond donors (Lipinski definition) is 1. The number of rotatable bonds is 4. The van der Waals surface area contributed by atoms with Gasteiger partial charge in [0.05, 0.1) is 12.6 Å². The van der Waals surface area contributed by atoms with Gasteiger partial charge in [-0.3, -0.25) is 0 Å². The van der Waals surface area contributed by atoms with E-state index in [0.717, 1.165) is 18.8 Å². The van der Waals surface area contributed by atoms with Crippen molar-refractivity contribution >= 4 is 11.8 Å². The molecular formula is C9H15N3O2S. The van der Waals surface area contributed by atoms with Gasteiger partial charge in [0, 0.05) is 12.4 Å². The monoisotopic (exact) mass is 229 g/mol. The molecule has 0 aliphatic carbocycles. The zero-order valence-electron chi connectivity index (χ0n) is 8.52. The minimum atomic E-state index is 0.299. The second kappa shape index (κ2) is 5.48. The van der Waals surface area contributed by atoms with Gasteiger partial charge in [-0.15, -0.1) is 10.2 Å². The predicted octanol–water partition coefficient (Wildman–Crippen LogP) is 1.19. The van der Waals surface area contributed by atoms with Crippen LogP contribution in [-0.4, -0.2) is 28.7 Å². The molecule has 0 spiro atoms. The molecule has 2 N–H and O–H groups in total.